The number of aliphatic hydroxyl groups excluding tert-OH is 1. The van der Waals surface area contributed by atoms with Gasteiger partial charge < -0.3 is 37.6 Å². The molecule has 0 fully saturated rings. The van der Waals surface area contributed by atoms with Crippen molar-refractivity contribution in [1.29, 1.82) is 0 Å². The highest BCUT2D eigenvalue weighted by molar-refractivity contribution is 5.94. The molecule has 4 amide bonds. The number of hydrogen-bond acceptors (Lipinski definition) is 7. The average Bonchev–Trinajstić information content (AvgIpc) is 2.56. The molecule has 154 valence electrons. The minimum Gasteiger partial charge on any atom is -0.480 e. The van der Waals surface area contributed by atoms with Crippen molar-refractivity contribution in [1.82, 2.24) is 16.0 Å². The molecule has 0 saturated carbocycles. The SMILES string of the molecule is CC(NC(=O)C(N)C(C)C)C(=O)NC(CO)C(=O)NC(CC(N)=O)C(=O)O. The summed E-state index contributed by atoms with van der Waals surface area (Å²) in [5.41, 5.74) is 10.6. The molecule has 0 aromatic rings. The van der Waals surface area contributed by atoms with Crippen molar-refractivity contribution in [2.75, 3.05) is 6.61 Å². The van der Waals surface area contributed by atoms with Gasteiger partial charge in [0, 0.05) is 0 Å². The standard InChI is InChI=1S/C15H27N5O7/c1-6(2)11(17)14(25)18-7(3)12(23)20-9(5-21)13(24)19-8(15(26)27)4-10(16)22/h6-9,11,21H,4-5,17H2,1-3H3,(H2,16,22)(H,18,25)(H,19,24)(H,20,23)(H,26,27). The Bertz CT molecular complexity index is 581. The first-order chi connectivity index (χ1) is 12.4. The second-order valence-electron chi connectivity index (χ2n) is 6.31. The molecule has 0 bridgehead atoms. The van der Waals surface area contributed by atoms with Gasteiger partial charge in [-0.15, -0.1) is 0 Å². The maximum atomic E-state index is 12.1. The Kier molecular flexibility index (Phi) is 9.96. The van der Waals surface area contributed by atoms with Gasteiger partial charge in [-0.05, 0) is 12.8 Å². The Hall–Kier alpha value is -2.73. The summed E-state index contributed by atoms with van der Waals surface area (Å²) in [7, 11) is 0. The molecule has 0 radical (unpaired) electrons. The summed E-state index contributed by atoms with van der Waals surface area (Å²) in [6, 6.07) is -5.00. The van der Waals surface area contributed by atoms with E-state index in [1.165, 1.54) is 6.92 Å². The zero-order valence-corrected chi connectivity index (χ0v) is 15.4. The first-order valence-corrected chi connectivity index (χ1v) is 8.19. The molecule has 0 saturated heterocycles. The second kappa shape index (κ2) is 11.1. The van der Waals surface area contributed by atoms with Crippen molar-refractivity contribution >= 4 is 29.6 Å². The van der Waals surface area contributed by atoms with Crippen LogP contribution in [0.2, 0.25) is 0 Å². The Balaban J connectivity index is 4.87. The van der Waals surface area contributed by atoms with Crippen LogP contribution < -0.4 is 27.4 Å². The van der Waals surface area contributed by atoms with Crippen molar-refractivity contribution < 1.29 is 34.2 Å². The number of nitrogens with one attached hydrogen (secondary N) is 3. The maximum absolute atomic E-state index is 12.1. The fourth-order valence-electron chi connectivity index (χ4n) is 1.84. The third kappa shape index (κ3) is 8.46. The first-order valence-electron chi connectivity index (χ1n) is 8.19. The van der Waals surface area contributed by atoms with Gasteiger partial charge in [0.15, 0.2) is 0 Å². The van der Waals surface area contributed by atoms with E-state index in [1.807, 2.05) is 5.32 Å². The van der Waals surface area contributed by atoms with Gasteiger partial charge in [-0.1, -0.05) is 13.8 Å². The number of carboxylic acids is 1. The number of primary amides is 1. The van der Waals surface area contributed by atoms with Crippen molar-refractivity contribution in [3.8, 4) is 0 Å². The van der Waals surface area contributed by atoms with E-state index < -0.39 is 66.8 Å². The molecule has 12 nitrogen and oxygen atoms in total. The summed E-state index contributed by atoms with van der Waals surface area (Å²) >= 11 is 0. The fraction of sp³-hybridized carbons (Fsp3) is 0.667. The predicted octanol–water partition coefficient (Wildman–Crippen LogP) is -3.60. The Morgan fingerprint density at radius 2 is 1.41 bits per heavy atom. The molecule has 9 N–H and O–H groups in total. The Morgan fingerprint density at radius 3 is 1.81 bits per heavy atom. The van der Waals surface area contributed by atoms with Gasteiger partial charge in [-0.3, -0.25) is 19.2 Å². The largest absolute Gasteiger partial charge is 0.480 e. The van der Waals surface area contributed by atoms with Gasteiger partial charge in [0.1, 0.15) is 18.1 Å². The van der Waals surface area contributed by atoms with E-state index in [9.17, 15) is 29.1 Å². The number of carbonyl (C=O) groups is 5. The lowest BCUT2D eigenvalue weighted by Gasteiger charge is -2.23. The summed E-state index contributed by atoms with van der Waals surface area (Å²) < 4.78 is 0. The number of carbonyl (C=O) groups excluding carboxylic acids is 4. The molecule has 0 heterocycles. The summed E-state index contributed by atoms with van der Waals surface area (Å²) in [4.78, 5) is 57.9. The average molecular weight is 389 g/mol. The third-order valence-electron chi connectivity index (χ3n) is 3.61. The van der Waals surface area contributed by atoms with Crippen LogP contribution in [0, 0.1) is 5.92 Å². The van der Waals surface area contributed by atoms with E-state index in [2.05, 4.69) is 10.6 Å². The highest BCUT2D eigenvalue weighted by Gasteiger charge is 2.29. The molecular formula is C15H27N5O7. The molecule has 4 atom stereocenters. The van der Waals surface area contributed by atoms with Crippen molar-refractivity contribution in [2.24, 2.45) is 17.4 Å². The van der Waals surface area contributed by atoms with Gasteiger partial charge in [-0.25, -0.2) is 4.79 Å². The summed E-state index contributed by atoms with van der Waals surface area (Å²) in [6.07, 6.45) is -0.660. The molecule has 27 heavy (non-hydrogen) atoms. The lowest BCUT2D eigenvalue weighted by atomic mass is 10.0. The molecule has 0 spiro atoms. The Labute approximate surface area is 156 Å². The number of rotatable bonds is 11. The van der Waals surface area contributed by atoms with E-state index >= 15 is 0 Å². The highest BCUT2D eigenvalue weighted by atomic mass is 16.4. The lowest BCUT2D eigenvalue weighted by Crippen LogP contribution is -2.58. The molecule has 0 aliphatic rings. The molecule has 0 aromatic heterocycles. The number of aliphatic hydroxyl groups is 1. The molecule has 0 aromatic carbocycles. The van der Waals surface area contributed by atoms with Gasteiger partial charge in [0.25, 0.3) is 0 Å². The summed E-state index contributed by atoms with van der Waals surface area (Å²) in [5, 5.41) is 24.8. The van der Waals surface area contributed by atoms with Gasteiger partial charge in [0.05, 0.1) is 19.1 Å². The normalized spacial score (nSPS) is 15.2. The van der Waals surface area contributed by atoms with Gasteiger partial charge in [-0.2, -0.15) is 0 Å². The topological polar surface area (TPSA) is 214 Å². The van der Waals surface area contributed by atoms with Crippen LogP contribution in [-0.4, -0.2) is 70.6 Å². The van der Waals surface area contributed by atoms with Crippen molar-refractivity contribution in [2.45, 2.75) is 51.4 Å². The maximum Gasteiger partial charge on any atom is 0.326 e. The van der Waals surface area contributed by atoms with Crippen molar-refractivity contribution in [3.63, 3.8) is 0 Å². The third-order valence-corrected chi connectivity index (χ3v) is 3.61. The molecular weight excluding hydrogens is 362 g/mol. The van der Waals surface area contributed by atoms with Crippen LogP contribution in [0.15, 0.2) is 0 Å². The van der Waals surface area contributed by atoms with Crippen molar-refractivity contribution in [3.05, 3.63) is 0 Å². The molecule has 12 heteroatoms. The van der Waals surface area contributed by atoms with Crippen LogP contribution in [0.25, 0.3) is 0 Å². The number of carboxylic acid groups (broad SMARTS) is 1. The minimum absolute atomic E-state index is 0.158. The number of amides is 4. The van der Waals surface area contributed by atoms with Crippen LogP contribution in [0.1, 0.15) is 27.2 Å². The quantitative estimate of drug-likeness (QED) is 0.187. The molecule has 4 unspecified atom stereocenters. The number of nitrogens with two attached hydrogens (primary N) is 2. The van der Waals surface area contributed by atoms with Crippen LogP contribution >= 0.6 is 0 Å². The van der Waals surface area contributed by atoms with Gasteiger partial charge in [0.2, 0.25) is 23.6 Å². The molecule has 0 rings (SSSR count). The second-order valence-corrected chi connectivity index (χ2v) is 6.31. The van der Waals surface area contributed by atoms with Gasteiger partial charge >= 0.3 is 5.97 Å². The predicted molar refractivity (Wildman–Crippen MR) is 92.8 cm³/mol. The van der Waals surface area contributed by atoms with E-state index in [1.54, 1.807) is 13.8 Å². The smallest absolute Gasteiger partial charge is 0.326 e. The number of aliphatic carboxylic acids is 1. The Morgan fingerprint density at radius 1 is 0.889 bits per heavy atom. The first kappa shape index (κ1) is 24.3. The highest BCUT2D eigenvalue weighted by Crippen LogP contribution is 1.99. The zero-order valence-electron chi connectivity index (χ0n) is 15.4. The molecule has 0 aliphatic carbocycles. The molecule has 0 aliphatic heterocycles. The van der Waals surface area contributed by atoms with E-state index in [0.29, 0.717) is 0 Å². The fourth-order valence-corrected chi connectivity index (χ4v) is 1.84. The summed E-state index contributed by atoms with van der Waals surface area (Å²) in [5.74, 6) is -5.01. The van der Waals surface area contributed by atoms with E-state index in [-0.39, 0.29) is 5.92 Å². The van der Waals surface area contributed by atoms with E-state index in [0.717, 1.165) is 0 Å². The number of hydrogen-bond donors (Lipinski definition) is 7. The van der Waals surface area contributed by atoms with Crippen LogP contribution in [-0.2, 0) is 24.0 Å². The van der Waals surface area contributed by atoms with Crippen LogP contribution in [0.3, 0.4) is 0 Å². The summed E-state index contributed by atoms with van der Waals surface area (Å²) in [6.45, 7) is 3.96. The minimum atomic E-state index is -1.61. The zero-order chi connectivity index (χ0) is 21.3. The monoisotopic (exact) mass is 389 g/mol. The van der Waals surface area contributed by atoms with Crippen LogP contribution in [0.4, 0.5) is 0 Å². The lowest BCUT2D eigenvalue weighted by molar-refractivity contribution is -0.144. The van der Waals surface area contributed by atoms with E-state index in [4.69, 9.17) is 16.6 Å². The van der Waals surface area contributed by atoms with Crippen LogP contribution in [0.5, 0.6) is 0 Å².